The lowest BCUT2D eigenvalue weighted by Gasteiger charge is -2.31. The van der Waals surface area contributed by atoms with E-state index < -0.39 is 0 Å². The van der Waals surface area contributed by atoms with Crippen molar-refractivity contribution in [2.24, 2.45) is 17.6 Å². The van der Waals surface area contributed by atoms with Gasteiger partial charge in [-0.1, -0.05) is 33.1 Å². The van der Waals surface area contributed by atoms with Crippen LogP contribution in [-0.2, 0) is 4.79 Å². The van der Waals surface area contributed by atoms with Gasteiger partial charge in [-0.2, -0.15) is 0 Å². The summed E-state index contributed by atoms with van der Waals surface area (Å²) in [4.78, 5) is 12.0. The summed E-state index contributed by atoms with van der Waals surface area (Å²) in [6.45, 7) is 5.20. The highest BCUT2D eigenvalue weighted by molar-refractivity contribution is 5.79. The Balaban J connectivity index is 2.21. The van der Waals surface area contributed by atoms with Gasteiger partial charge in [0.25, 0.3) is 0 Å². The summed E-state index contributed by atoms with van der Waals surface area (Å²) < 4.78 is 0. The Hall–Kier alpha value is -0.570. The molecule has 3 N–H and O–H groups in total. The lowest BCUT2D eigenvalue weighted by molar-refractivity contribution is -0.127. The Kier molecular flexibility index (Phi) is 6.56. The molecule has 0 aromatic carbocycles. The lowest BCUT2D eigenvalue weighted by Crippen LogP contribution is -2.41. The van der Waals surface area contributed by atoms with Crippen molar-refractivity contribution in [1.29, 1.82) is 0 Å². The molecule has 0 aromatic rings. The minimum Gasteiger partial charge on any atom is -0.356 e. The van der Waals surface area contributed by atoms with Crippen LogP contribution < -0.4 is 11.1 Å². The number of unbranched alkanes of at least 4 members (excludes halogenated alkanes) is 3. The first-order valence-corrected chi connectivity index (χ1v) is 7.18. The van der Waals surface area contributed by atoms with Gasteiger partial charge in [0, 0.05) is 18.5 Å². The largest absolute Gasteiger partial charge is 0.356 e. The molecule has 0 radical (unpaired) electrons. The van der Waals surface area contributed by atoms with E-state index in [-0.39, 0.29) is 17.9 Å². The van der Waals surface area contributed by atoms with Crippen LogP contribution in [0.25, 0.3) is 0 Å². The lowest BCUT2D eigenvalue weighted by atomic mass is 9.77. The van der Waals surface area contributed by atoms with Crippen molar-refractivity contribution in [3.05, 3.63) is 0 Å². The second kappa shape index (κ2) is 7.70. The van der Waals surface area contributed by atoms with E-state index in [1.165, 1.54) is 19.3 Å². The maximum atomic E-state index is 12.0. The summed E-state index contributed by atoms with van der Waals surface area (Å²) in [6, 6.07) is 0.224. The summed E-state index contributed by atoms with van der Waals surface area (Å²) >= 11 is 0. The van der Waals surface area contributed by atoms with Gasteiger partial charge in [0.1, 0.15) is 0 Å². The summed E-state index contributed by atoms with van der Waals surface area (Å²) in [7, 11) is 0. The fourth-order valence-corrected chi connectivity index (χ4v) is 2.61. The highest BCUT2D eigenvalue weighted by Gasteiger charge is 2.30. The van der Waals surface area contributed by atoms with E-state index in [4.69, 9.17) is 5.73 Å². The van der Waals surface area contributed by atoms with Crippen LogP contribution in [0, 0.1) is 11.8 Å². The molecule has 0 spiro atoms. The first-order chi connectivity index (χ1) is 8.15. The van der Waals surface area contributed by atoms with Crippen molar-refractivity contribution in [1.82, 2.24) is 5.32 Å². The number of hydrogen-bond acceptors (Lipinski definition) is 2. The third-order valence-electron chi connectivity index (χ3n) is 3.90. The van der Waals surface area contributed by atoms with Crippen molar-refractivity contribution in [2.75, 3.05) is 6.54 Å². The zero-order valence-electron chi connectivity index (χ0n) is 11.4. The van der Waals surface area contributed by atoms with Gasteiger partial charge in [-0.15, -0.1) is 0 Å². The predicted octanol–water partition coefficient (Wildman–Crippen LogP) is 2.45. The van der Waals surface area contributed by atoms with Crippen LogP contribution in [0.4, 0.5) is 0 Å². The van der Waals surface area contributed by atoms with Crippen molar-refractivity contribution in [2.45, 2.75) is 64.8 Å². The van der Waals surface area contributed by atoms with Crippen LogP contribution in [0.2, 0.25) is 0 Å². The SMILES string of the molecule is CCCCCCNC(=O)C1CC(N)CCC1C. The molecule has 17 heavy (non-hydrogen) atoms. The average Bonchev–Trinajstić information content (AvgIpc) is 2.32. The van der Waals surface area contributed by atoms with E-state index in [2.05, 4.69) is 19.2 Å². The van der Waals surface area contributed by atoms with E-state index in [0.717, 1.165) is 32.2 Å². The normalized spacial score (nSPS) is 29.0. The fraction of sp³-hybridized carbons (Fsp3) is 0.929. The zero-order valence-corrected chi connectivity index (χ0v) is 11.4. The monoisotopic (exact) mass is 240 g/mol. The standard InChI is InChI=1S/C14H28N2O/c1-3-4-5-6-9-16-14(17)13-10-12(15)8-7-11(13)2/h11-13H,3-10,15H2,1-2H3,(H,16,17). The molecule has 3 heteroatoms. The molecule has 100 valence electrons. The third kappa shape index (κ3) is 5.07. The van der Waals surface area contributed by atoms with Crippen LogP contribution >= 0.6 is 0 Å². The van der Waals surface area contributed by atoms with Crippen LogP contribution in [-0.4, -0.2) is 18.5 Å². The number of nitrogens with two attached hydrogens (primary N) is 1. The fourth-order valence-electron chi connectivity index (χ4n) is 2.61. The number of nitrogens with one attached hydrogen (secondary N) is 1. The van der Waals surface area contributed by atoms with Crippen molar-refractivity contribution in [3.8, 4) is 0 Å². The Morgan fingerprint density at radius 1 is 1.29 bits per heavy atom. The number of hydrogen-bond donors (Lipinski definition) is 2. The maximum Gasteiger partial charge on any atom is 0.223 e. The molecule has 1 saturated carbocycles. The van der Waals surface area contributed by atoms with Crippen LogP contribution in [0.5, 0.6) is 0 Å². The summed E-state index contributed by atoms with van der Waals surface area (Å²) in [5, 5.41) is 3.07. The minimum absolute atomic E-state index is 0.143. The smallest absolute Gasteiger partial charge is 0.223 e. The van der Waals surface area contributed by atoms with Gasteiger partial charge in [-0.05, 0) is 31.6 Å². The highest BCUT2D eigenvalue weighted by atomic mass is 16.1. The zero-order chi connectivity index (χ0) is 12.7. The van der Waals surface area contributed by atoms with E-state index in [1.807, 2.05) is 0 Å². The van der Waals surface area contributed by atoms with Crippen LogP contribution in [0.15, 0.2) is 0 Å². The first-order valence-electron chi connectivity index (χ1n) is 7.18. The summed E-state index contributed by atoms with van der Waals surface area (Å²) in [5.74, 6) is 0.861. The highest BCUT2D eigenvalue weighted by Crippen LogP contribution is 2.29. The number of rotatable bonds is 6. The molecule has 1 fully saturated rings. The van der Waals surface area contributed by atoms with Crippen LogP contribution in [0.3, 0.4) is 0 Å². The van der Waals surface area contributed by atoms with E-state index in [9.17, 15) is 4.79 Å². The molecule has 3 nitrogen and oxygen atoms in total. The molecule has 0 aliphatic heterocycles. The molecular weight excluding hydrogens is 212 g/mol. The average molecular weight is 240 g/mol. The van der Waals surface area contributed by atoms with Crippen LogP contribution in [0.1, 0.15) is 58.8 Å². The Bertz CT molecular complexity index is 230. The minimum atomic E-state index is 0.143. The van der Waals surface area contributed by atoms with Gasteiger partial charge in [0.15, 0.2) is 0 Å². The van der Waals surface area contributed by atoms with Gasteiger partial charge >= 0.3 is 0 Å². The molecule has 3 unspecified atom stereocenters. The predicted molar refractivity (Wildman–Crippen MR) is 71.6 cm³/mol. The van der Waals surface area contributed by atoms with Gasteiger partial charge in [0.05, 0.1) is 0 Å². The van der Waals surface area contributed by atoms with E-state index >= 15 is 0 Å². The van der Waals surface area contributed by atoms with Crippen molar-refractivity contribution < 1.29 is 4.79 Å². The molecule has 1 rings (SSSR count). The molecular formula is C14H28N2O. The molecule has 0 aromatic heterocycles. The quantitative estimate of drug-likeness (QED) is 0.701. The van der Waals surface area contributed by atoms with Gasteiger partial charge < -0.3 is 11.1 Å². The second-order valence-electron chi connectivity index (χ2n) is 5.51. The molecule has 0 heterocycles. The molecule has 3 atom stereocenters. The second-order valence-corrected chi connectivity index (χ2v) is 5.51. The van der Waals surface area contributed by atoms with E-state index in [0.29, 0.717) is 5.92 Å². The number of carbonyl (C=O) groups excluding carboxylic acids is 1. The molecule has 0 saturated heterocycles. The first kappa shape index (κ1) is 14.5. The van der Waals surface area contributed by atoms with Crippen molar-refractivity contribution >= 4 is 5.91 Å². The van der Waals surface area contributed by atoms with Gasteiger partial charge in [-0.25, -0.2) is 0 Å². The summed E-state index contributed by atoms with van der Waals surface area (Å²) in [6.07, 6.45) is 7.85. The summed E-state index contributed by atoms with van der Waals surface area (Å²) in [5.41, 5.74) is 5.94. The topological polar surface area (TPSA) is 55.1 Å². The molecule has 0 bridgehead atoms. The van der Waals surface area contributed by atoms with E-state index in [1.54, 1.807) is 0 Å². The molecule has 1 aliphatic carbocycles. The van der Waals surface area contributed by atoms with Crippen molar-refractivity contribution in [3.63, 3.8) is 0 Å². The Labute approximate surface area is 106 Å². The third-order valence-corrected chi connectivity index (χ3v) is 3.90. The Morgan fingerprint density at radius 3 is 2.76 bits per heavy atom. The molecule has 1 amide bonds. The van der Waals surface area contributed by atoms with Gasteiger partial charge in [0.2, 0.25) is 5.91 Å². The molecule has 1 aliphatic rings. The van der Waals surface area contributed by atoms with Gasteiger partial charge in [-0.3, -0.25) is 4.79 Å². The number of amides is 1. The number of carbonyl (C=O) groups is 1. The Morgan fingerprint density at radius 2 is 2.06 bits per heavy atom. The maximum absolute atomic E-state index is 12.0.